The topological polar surface area (TPSA) is 90.5 Å². The van der Waals surface area contributed by atoms with Crippen molar-refractivity contribution in [3.8, 4) is 20.6 Å². The van der Waals surface area contributed by atoms with Gasteiger partial charge in [-0.1, -0.05) is 18.3 Å². The lowest BCUT2D eigenvalue weighted by Crippen LogP contribution is -1.86. The van der Waals surface area contributed by atoms with E-state index >= 15 is 0 Å². The summed E-state index contributed by atoms with van der Waals surface area (Å²) in [5, 5.41) is 10.0. The molecule has 0 amide bonds. The van der Waals surface area contributed by atoms with Crippen LogP contribution in [-0.4, -0.2) is 25.1 Å². The van der Waals surface area contributed by atoms with Gasteiger partial charge in [0, 0.05) is 12.4 Å². The first-order valence-corrected chi connectivity index (χ1v) is 7.26. The second kappa shape index (κ2) is 4.98. The first-order chi connectivity index (χ1) is 9.28. The highest BCUT2D eigenvalue weighted by atomic mass is 32.1. The van der Waals surface area contributed by atoms with Gasteiger partial charge in [0.2, 0.25) is 5.13 Å². The van der Waals surface area contributed by atoms with Crippen molar-refractivity contribution in [3.63, 3.8) is 0 Å². The summed E-state index contributed by atoms with van der Waals surface area (Å²) in [6.45, 7) is 2.06. The molecular formula is C11H10N6S2. The van der Waals surface area contributed by atoms with Gasteiger partial charge in [-0.2, -0.15) is 0 Å². The standard InChI is InChI=1S/C11H10N6S2/c1-2-6-8(10-16-17-11(12)19-10)18-9(15-6)7-5-13-3-4-14-7/h3-5H,2H2,1H3,(H2,12,17). The van der Waals surface area contributed by atoms with E-state index in [2.05, 4.69) is 32.1 Å². The van der Waals surface area contributed by atoms with Crippen molar-refractivity contribution in [1.29, 1.82) is 0 Å². The van der Waals surface area contributed by atoms with Crippen molar-refractivity contribution >= 4 is 27.8 Å². The van der Waals surface area contributed by atoms with E-state index in [-0.39, 0.29) is 0 Å². The summed E-state index contributed by atoms with van der Waals surface area (Å²) in [4.78, 5) is 13.9. The molecule has 3 rings (SSSR count). The van der Waals surface area contributed by atoms with Crippen molar-refractivity contribution in [1.82, 2.24) is 25.1 Å². The average Bonchev–Trinajstić information content (AvgIpc) is 3.05. The van der Waals surface area contributed by atoms with Crippen LogP contribution in [0.4, 0.5) is 5.13 Å². The van der Waals surface area contributed by atoms with Gasteiger partial charge in [0.15, 0.2) is 5.01 Å². The van der Waals surface area contributed by atoms with E-state index in [1.807, 2.05) is 0 Å². The molecule has 0 aliphatic carbocycles. The Bertz CT molecular complexity index is 690. The van der Waals surface area contributed by atoms with E-state index in [0.29, 0.717) is 5.13 Å². The van der Waals surface area contributed by atoms with Crippen molar-refractivity contribution in [2.45, 2.75) is 13.3 Å². The summed E-state index contributed by atoms with van der Waals surface area (Å²) in [7, 11) is 0. The Labute approximate surface area is 117 Å². The molecule has 3 heterocycles. The number of aromatic nitrogens is 5. The fourth-order valence-electron chi connectivity index (χ4n) is 1.60. The molecule has 0 unspecified atom stereocenters. The highest BCUT2D eigenvalue weighted by Crippen LogP contribution is 2.36. The zero-order valence-electron chi connectivity index (χ0n) is 10.1. The normalized spacial score (nSPS) is 10.8. The number of aryl methyl sites for hydroxylation is 1. The Balaban J connectivity index is 2.09. The molecule has 0 aromatic carbocycles. The van der Waals surface area contributed by atoms with E-state index < -0.39 is 0 Å². The molecule has 0 aliphatic heterocycles. The van der Waals surface area contributed by atoms with Gasteiger partial charge in [-0.15, -0.1) is 21.5 Å². The lowest BCUT2D eigenvalue weighted by atomic mass is 10.3. The molecule has 0 atom stereocenters. The van der Waals surface area contributed by atoms with Crippen molar-refractivity contribution in [2.24, 2.45) is 0 Å². The molecule has 0 fully saturated rings. The third-order valence-electron chi connectivity index (χ3n) is 2.45. The minimum atomic E-state index is 0.464. The maximum absolute atomic E-state index is 5.63. The van der Waals surface area contributed by atoms with Crippen molar-refractivity contribution < 1.29 is 0 Å². The number of anilines is 1. The van der Waals surface area contributed by atoms with Gasteiger partial charge in [-0.3, -0.25) is 9.97 Å². The number of hydrogen-bond donors (Lipinski definition) is 1. The predicted molar refractivity (Wildman–Crippen MR) is 75.8 cm³/mol. The number of thiazole rings is 1. The molecule has 3 aromatic rings. The molecule has 96 valence electrons. The van der Waals surface area contributed by atoms with Gasteiger partial charge in [-0.25, -0.2) is 4.98 Å². The van der Waals surface area contributed by atoms with Crippen LogP contribution in [0, 0.1) is 0 Å². The second-order valence-electron chi connectivity index (χ2n) is 3.68. The van der Waals surface area contributed by atoms with Crippen LogP contribution in [0.15, 0.2) is 18.6 Å². The average molecular weight is 290 g/mol. The van der Waals surface area contributed by atoms with Crippen LogP contribution in [0.25, 0.3) is 20.6 Å². The Morgan fingerprint density at radius 3 is 2.68 bits per heavy atom. The van der Waals surface area contributed by atoms with Gasteiger partial charge in [0.25, 0.3) is 0 Å². The number of rotatable bonds is 3. The molecule has 2 N–H and O–H groups in total. The minimum Gasteiger partial charge on any atom is -0.374 e. The third-order valence-corrected chi connectivity index (χ3v) is 4.48. The smallest absolute Gasteiger partial charge is 0.203 e. The molecule has 0 spiro atoms. The van der Waals surface area contributed by atoms with Crippen LogP contribution in [0.5, 0.6) is 0 Å². The van der Waals surface area contributed by atoms with Gasteiger partial charge in [0.1, 0.15) is 10.7 Å². The number of nitrogen functional groups attached to an aromatic ring is 1. The van der Waals surface area contributed by atoms with Gasteiger partial charge in [0.05, 0.1) is 16.8 Å². The predicted octanol–water partition coefficient (Wildman–Crippen LogP) is 2.26. The van der Waals surface area contributed by atoms with Crippen LogP contribution in [0.2, 0.25) is 0 Å². The summed E-state index contributed by atoms with van der Waals surface area (Å²) in [6, 6.07) is 0. The Morgan fingerprint density at radius 1 is 1.16 bits per heavy atom. The molecular weight excluding hydrogens is 280 g/mol. The maximum atomic E-state index is 5.63. The van der Waals surface area contributed by atoms with Crippen LogP contribution < -0.4 is 5.73 Å². The molecule has 8 heteroatoms. The molecule has 0 radical (unpaired) electrons. The molecule has 6 nitrogen and oxygen atoms in total. The lowest BCUT2D eigenvalue weighted by Gasteiger charge is -1.91. The summed E-state index contributed by atoms with van der Waals surface area (Å²) in [5.74, 6) is 0. The third kappa shape index (κ3) is 2.32. The van der Waals surface area contributed by atoms with Crippen LogP contribution in [-0.2, 0) is 6.42 Å². The van der Waals surface area contributed by atoms with Crippen molar-refractivity contribution in [2.75, 3.05) is 5.73 Å². The van der Waals surface area contributed by atoms with E-state index in [0.717, 1.165) is 32.7 Å². The fraction of sp³-hybridized carbons (Fsp3) is 0.182. The first-order valence-electron chi connectivity index (χ1n) is 5.63. The lowest BCUT2D eigenvalue weighted by molar-refractivity contribution is 1.05. The Morgan fingerprint density at radius 2 is 2.05 bits per heavy atom. The van der Waals surface area contributed by atoms with Crippen molar-refractivity contribution in [3.05, 3.63) is 24.3 Å². The first kappa shape index (κ1) is 12.1. The highest BCUT2D eigenvalue weighted by molar-refractivity contribution is 7.24. The Hall–Kier alpha value is -1.93. The highest BCUT2D eigenvalue weighted by Gasteiger charge is 2.17. The zero-order chi connectivity index (χ0) is 13.2. The summed E-state index contributed by atoms with van der Waals surface area (Å²) < 4.78 is 0. The SMILES string of the molecule is CCc1nc(-c2cnccn2)sc1-c1nnc(N)s1. The van der Waals surface area contributed by atoms with Gasteiger partial charge in [-0.05, 0) is 6.42 Å². The molecule has 3 aromatic heterocycles. The fourth-order valence-corrected chi connectivity index (χ4v) is 3.42. The molecule has 0 aliphatic rings. The Kier molecular flexibility index (Phi) is 3.18. The number of hydrogen-bond acceptors (Lipinski definition) is 8. The van der Waals surface area contributed by atoms with Crippen LogP contribution in [0.3, 0.4) is 0 Å². The number of nitrogens with zero attached hydrogens (tertiary/aromatic N) is 5. The van der Waals surface area contributed by atoms with Crippen LogP contribution >= 0.6 is 22.7 Å². The van der Waals surface area contributed by atoms with Gasteiger partial charge >= 0.3 is 0 Å². The summed E-state index contributed by atoms with van der Waals surface area (Å²) in [6.07, 6.45) is 5.83. The van der Waals surface area contributed by atoms with Gasteiger partial charge < -0.3 is 5.73 Å². The van der Waals surface area contributed by atoms with E-state index in [4.69, 9.17) is 5.73 Å². The molecule has 0 saturated heterocycles. The summed E-state index contributed by atoms with van der Waals surface area (Å²) >= 11 is 2.91. The molecule has 0 saturated carbocycles. The minimum absolute atomic E-state index is 0.464. The molecule has 0 bridgehead atoms. The largest absolute Gasteiger partial charge is 0.374 e. The monoisotopic (exact) mass is 290 g/mol. The number of nitrogens with two attached hydrogens (primary N) is 1. The molecule has 19 heavy (non-hydrogen) atoms. The van der Waals surface area contributed by atoms with E-state index in [9.17, 15) is 0 Å². The maximum Gasteiger partial charge on any atom is 0.203 e. The summed E-state index contributed by atoms with van der Waals surface area (Å²) in [5.41, 5.74) is 7.39. The second-order valence-corrected chi connectivity index (χ2v) is 5.69. The van der Waals surface area contributed by atoms with E-state index in [1.165, 1.54) is 11.3 Å². The zero-order valence-corrected chi connectivity index (χ0v) is 11.7. The quantitative estimate of drug-likeness (QED) is 0.795. The van der Waals surface area contributed by atoms with Crippen LogP contribution in [0.1, 0.15) is 12.6 Å². The van der Waals surface area contributed by atoms with E-state index in [1.54, 1.807) is 29.9 Å².